The van der Waals surface area contributed by atoms with Crippen molar-refractivity contribution in [3.05, 3.63) is 0 Å². The molecule has 4 aliphatic heterocycles. The number of aliphatic carboxylic acids is 1. The predicted octanol–water partition coefficient (Wildman–Crippen LogP) is 7.12. The van der Waals surface area contributed by atoms with Crippen LogP contribution in [-0.2, 0) is 32.6 Å². The van der Waals surface area contributed by atoms with Crippen LogP contribution < -0.4 is 0 Å². The average Bonchev–Trinajstić information content (AvgIpc) is 3.29. The van der Waals surface area contributed by atoms with Crippen LogP contribution in [0.2, 0.25) is 36.3 Å². The minimum absolute atomic E-state index is 0.0142. The van der Waals surface area contributed by atoms with Crippen LogP contribution in [0, 0.1) is 11.8 Å². The van der Waals surface area contributed by atoms with Gasteiger partial charge in [0.15, 0.2) is 22.4 Å². The van der Waals surface area contributed by atoms with E-state index in [0.717, 1.165) is 50.2 Å². The normalized spacial score (nSPS) is 38.2. The van der Waals surface area contributed by atoms with E-state index in [0.29, 0.717) is 12.5 Å². The molecule has 4 saturated heterocycles. The maximum atomic E-state index is 11.5. The van der Waals surface area contributed by atoms with E-state index < -0.39 is 28.4 Å². The van der Waals surface area contributed by atoms with E-state index in [1.807, 2.05) is 0 Å². The Kier molecular flexibility index (Phi) is 10.8. The maximum Gasteiger partial charge on any atom is 0.305 e. The lowest BCUT2D eigenvalue weighted by atomic mass is 9.79. The number of fused-ring (bicyclic) bond motifs is 2. The quantitative estimate of drug-likeness (QED) is 0.242. The third-order valence-corrected chi connectivity index (χ3v) is 20.4. The fraction of sp³-hybridized carbons (Fsp3) is 0.969. The van der Waals surface area contributed by atoms with Gasteiger partial charge in [-0.1, -0.05) is 55.4 Å². The number of hydrogen-bond donors (Lipinski definition) is 1. The highest BCUT2D eigenvalue weighted by molar-refractivity contribution is 6.74. The molecular formula is C32H60O8Si2. The SMILES string of the molecule is CC[Si](CC)(CC)OC(CO[Si](C)(C)C(C)(C)C)C1C[C@H]2O[C@@H]3[C@H](C[C@H]2O1)O[C@]1(C[C@H](C)CC(CC(=O)O)O1)C[C@@H]3C. The van der Waals surface area contributed by atoms with E-state index in [1.165, 1.54) is 0 Å². The molecule has 0 aliphatic carbocycles. The number of rotatable bonds is 11. The standard InChI is InChI=1S/C32H60O8Si2/c1-11-42(12-2,13-3)40-28(20-35-41(9,10)31(6,7)8)26-16-25-24(36-26)17-27-30(37-25)22(5)19-32(39-27)18-21(4)14-23(38-32)15-29(33)34/h21-28,30H,11-20H2,1-10H3,(H,33,34)/t21-,22+,23?,24-,25-,26?,27+,28?,30+,32-/m1/s1. The van der Waals surface area contributed by atoms with Crippen molar-refractivity contribution in [2.75, 3.05) is 6.61 Å². The summed E-state index contributed by atoms with van der Waals surface area (Å²) in [6.07, 6.45) is 3.14. The Morgan fingerprint density at radius 2 is 1.60 bits per heavy atom. The molecule has 4 rings (SSSR count). The molecule has 42 heavy (non-hydrogen) atoms. The molecule has 8 nitrogen and oxygen atoms in total. The number of carboxylic acid groups (broad SMARTS) is 1. The van der Waals surface area contributed by atoms with Gasteiger partial charge in [0.25, 0.3) is 0 Å². The second-order valence-electron chi connectivity index (χ2n) is 15.4. The lowest BCUT2D eigenvalue weighted by molar-refractivity contribution is -0.362. The molecule has 0 amide bonds. The third-order valence-electron chi connectivity index (χ3n) is 11.2. The maximum absolute atomic E-state index is 11.5. The van der Waals surface area contributed by atoms with Crippen LogP contribution in [0.5, 0.6) is 0 Å². The summed E-state index contributed by atoms with van der Waals surface area (Å²) in [7, 11) is -3.86. The van der Waals surface area contributed by atoms with Gasteiger partial charge in [-0.05, 0) is 54.5 Å². The van der Waals surface area contributed by atoms with Gasteiger partial charge < -0.3 is 32.9 Å². The van der Waals surface area contributed by atoms with E-state index in [1.54, 1.807) is 0 Å². The lowest BCUT2D eigenvalue weighted by Gasteiger charge is -2.54. The van der Waals surface area contributed by atoms with Gasteiger partial charge in [-0.2, -0.15) is 0 Å². The smallest absolute Gasteiger partial charge is 0.305 e. The Morgan fingerprint density at radius 3 is 2.19 bits per heavy atom. The van der Waals surface area contributed by atoms with E-state index >= 15 is 0 Å². The molecule has 0 saturated carbocycles. The van der Waals surface area contributed by atoms with E-state index in [-0.39, 0.29) is 60.1 Å². The Balaban J connectivity index is 1.49. The summed E-state index contributed by atoms with van der Waals surface area (Å²) in [5.74, 6) is -0.983. The first kappa shape index (κ1) is 34.5. The summed E-state index contributed by atoms with van der Waals surface area (Å²) in [6.45, 7) is 23.3. The largest absolute Gasteiger partial charge is 0.481 e. The van der Waals surface area contributed by atoms with Crippen molar-refractivity contribution in [2.45, 2.75) is 179 Å². The van der Waals surface area contributed by atoms with Crippen LogP contribution in [0.15, 0.2) is 0 Å². The molecule has 10 heteroatoms. The van der Waals surface area contributed by atoms with Crippen molar-refractivity contribution >= 4 is 22.6 Å². The van der Waals surface area contributed by atoms with Crippen molar-refractivity contribution in [3.8, 4) is 0 Å². The Bertz CT molecular complexity index is 912. The molecule has 0 aromatic carbocycles. The van der Waals surface area contributed by atoms with Crippen LogP contribution in [0.25, 0.3) is 0 Å². The van der Waals surface area contributed by atoms with Crippen LogP contribution in [0.4, 0.5) is 0 Å². The zero-order valence-electron chi connectivity index (χ0n) is 28.1. The van der Waals surface area contributed by atoms with Crippen molar-refractivity contribution in [1.82, 2.24) is 0 Å². The zero-order valence-corrected chi connectivity index (χ0v) is 30.1. The van der Waals surface area contributed by atoms with Crippen LogP contribution in [-0.4, -0.2) is 82.8 Å². The Morgan fingerprint density at radius 1 is 0.952 bits per heavy atom. The first-order valence-corrected chi connectivity index (χ1v) is 22.2. The molecule has 4 aliphatic rings. The van der Waals surface area contributed by atoms with Gasteiger partial charge in [-0.3, -0.25) is 4.79 Å². The molecule has 3 unspecified atom stereocenters. The van der Waals surface area contributed by atoms with Crippen molar-refractivity contribution in [3.63, 3.8) is 0 Å². The minimum atomic E-state index is -1.96. The van der Waals surface area contributed by atoms with Gasteiger partial charge in [0.2, 0.25) is 0 Å². The van der Waals surface area contributed by atoms with Crippen LogP contribution >= 0.6 is 0 Å². The highest BCUT2D eigenvalue weighted by Gasteiger charge is 2.56. The van der Waals surface area contributed by atoms with Gasteiger partial charge in [0, 0.05) is 25.7 Å². The first-order chi connectivity index (χ1) is 19.5. The van der Waals surface area contributed by atoms with Gasteiger partial charge in [0.1, 0.15) is 0 Å². The van der Waals surface area contributed by atoms with Crippen LogP contribution in [0.1, 0.15) is 93.9 Å². The molecule has 0 aromatic rings. The fourth-order valence-corrected chi connectivity index (χ4v) is 11.4. The number of ether oxygens (including phenoxy) is 4. The molecule has 0 radical (unpaired) electrons. The molecule has 1 spiro atoms. The van der Waals surface area contributed by atoms with Crippen molar-refractivity contribution < 1.29 is 37.7 Å². The summed E-state index contributed by atoms with van der Waals surface area (Å²) >= 11 is 0. The van der Waals surface area contributed by atoms with Gasteiger partial charge in [0.05, 0.1) is 55.8 Å². The van der Waals surface area contributed by atoms with Crippen molar-refractivity contribution in [1.29, 1.82) is 0 Å². The Hall–Kier alpha value is -0.336. The first-order valence-electron chi connectivity index (χ1n) is 16.7. The average molecular weight is 629 g/mol. The summed E-state index contributed by atoms with van der Waals surface area (Å²) < 4.78 is 40.7. The van der Waals surface area contributed by atoms with Gasteiger partial charge in [-0.15, -0.1) is 0 Å². The molecule has 0 bridgehead atoms. The van der Waals surface area contributed by atoms with E-state index in [4.69, 9.17) is 27.8 Å². The second kappa shape index (κ2) is 13.2. The summed E-state index contributed by atoms with van der Waals surface area (Å²) in [5.41, 5.74) is 0. The predicted molar refractivity (Wildman–Crippen MR) is 169 cm³/mol. The Labute approximate surface area is 257 Å². The molecule has 4 heterocycles. The third kappa shape index (κ3) is 7.54. The fourth-order valence-electron chi connectivity index (χ4n) is 7.57. The van der Waals surface area contributed by atoms with E-state index in [2.05, 4.69) is 68.5 Å². The second-order valence-corrected chi connectivity index (χ2v) is 25.0. The monoisotopic (exact) mass is 628 g/mol. The molecule has 244 valence electrons. The summed E-state index contributed by atoms with van der Waals surface area (Å²) in [4.78, 5) is 11.5. The number of carbonyl (C=O) groups is 1. The van der Waals surface area contributed by atoms with Crippen LogP contribution in [0.3, 0.4) is 0 Å². The highest BCUT2D eigenvalue weighted by atomic mass is 28.4. The minimum Gasteiger partial charge on any atom is -0.481 e. The number of hydrogen-bond acceptors (Lipinski definition) is 7. The number of carboxylic acids is 1. The van der Waals surface area contributed by atoms with Crippen molar-refractivity contribution in [2.24, 2.45) is 11.8 Å². The van der Waals surface area contributed by atoms with E-state index in [9.17, 15) is 9.90 Å². The molecule has 1 N–H and O–H groups in total. The molecule has 0 aromatic heterocycles. The zero-order chi connectivity index (χ0) is 31.1. The molecule has 10 atom stereocenters. The van der Waals surface area contributed by atoms with Gasteiger partial charge >= 0.3 is 5.97 Å². The molecular weight excluding hydrogens is 569 g/mol. The summed E-state index contributed by atoms with van der Waals surface area (Å²) in [6, 6.07) is 3.27. The lowest BCUT2D eigenvalue weighted by Crippen LogP contribution is -2.60. The topological polar surface area (TPSA) is 92.7 Å². The molecule has 4 fully saturated rings. The van der Waals surface area contributed by atoms with Gasteiger partial charge in [-0.25, -0.2) is 0 Å². The summed E-state index contributed by atoms with van der Waals surface area (Å²) in [5, 5.41) is 9.55. The highest BCUT2D eigenvalue weighted by Crippen LogP contribution is 2.49.